The van der Waals surface area contributed by atoms with Gasteiger partial charge in [0.05, 0.1) is 12.7 Å². The maximum absolute atomic E-state index is 12.0. The first-order valence-corrected chi connectivity index (χ1v) is 6.84. The average Bonchev–Trinajstić information content (AvgIpc) is 2.87. The van der Waals surface area contributed by atoms with Gasteiger partial charge in [-0.15, -0.1) is 0 Å². The van der Waals surface area contributed by atoms with Gasteiger partial charge in [-0.05, 0) is 19.8 Å². The third-order valence-electron chi connectivity index (χ3n) is 3.52. The summed E-state index contributed by atoms with van der Waals surface area (Å²) in [6.45, 7) is 3.88. The van der Waals surface area contributed by atoms with Gasteiger partial charge in [0, 0.05) is 26.2 Å². The number of rotatable bonds is 4. The van der Waals surface area contributed by atoms with Crippen LogP contribution in [0.5, 0.6) is 0 Å². The molecular weight excluding hydrogens is 258 g/mol. The fourth-order valence-electron chi connectivity index (χ4n) is 2.32. The van der Waals surface area contributed by atoms with Gasteiger partial charge >= 0.3 is 0 Å². The SMILES string of the molecule is CNC(=O)CN1CCC(NC(=O)c2cnc(C)[nH]2)CC1. The summed E-state index contributed by atoms with van der Waals surface area (Å²) in [5, 5.41) is 5.62. The summed E-state index contributed by atoms with van der Waals surface area (Å²) < 4.78 is 0. The molecule has 7 nitrogen and oxygen atoms in total. The number of aryl methyl sites for hydroxylation is 1. The van der Waals surface area contributed by atoms with Crippen LogP contribution in [0, 0.1) is 6.92 Å². The zero-order chi connectivity index (χ0) is 14.5. The summed E-state index contributed by atoms with van der Waals surface area (Å²) in [6, 6.07) is 0.159. The van der Waals surface area contributed by atoms with Crippen LogP contribution in [0.3, 0.4) is 0 Å². The zero-order valence-corrected chi connectivity index (χ0v) is 11.9. The lowest BCUT2D eigenvalue weighted by Gasteiger charge is -2.31. The monoisotopic (exact) mass is 279 g/mol. The fraction of sp³-hybridized carbons (Fsp3) is 0.615. The standard InChI is InChI=1S/C13H21N5O2/c1-9-15-7-11(16-9)13(20)17-10-3-5-18(6-4-10)8-12(19)14-2/h7,10H,3-6,8H2,1-2H3,(H,14,19)(H,15,16)(H,17,20). The van der Waals surface area contributed by atoms with E-state index < -0.39 is 0 Å². The van der Waals surface area contributed by atoms with Crippen molar-refractivity contribution in [2.75, 3.05) is 26.7 Å². The van der Waals surface area contributed by atoms with Gasteiger partial charge in [-0.3, -0.25) is 14.5 Å². The Morgan fingerprint density at radius 3 is 2.70 bits per heavy atom. The van der Waals surface area contributed by atoms with Crippen molar-refractivity contribution in [2.24, 2.45) is 0 Å². The minimum absolute atomic E-state index is 0.0282. The number of aromatic amines is 1. The molecule has 0 aliphatic carbocycles. The Morgan fingerprint density at radius 2 is 2.15 bits per heavy atom. The summed E-state index contributed by atoms with van der Waals surface area (Å²) in [6.07, 6.45) is 3.26. The van der Waals surface area contributed by atoms with E-state index in [0.717, 1.165) is 31.8 Å². The zero-order valence-electron chi connectivity index (χ0n) is 11.9. The predicted octanol–water partition coefficient (Wildman–Crippen LogP) is -0.342. The first-order chi connectivity index (χ1) is 9.58. The number of imidazole rings is 1. The molecule has 1 aliphatic rings. The number of likely N-dealkylation sites (tertiary alicyclic amines) is 1. The largest absolute Gasteiger partial charge is 0.358 e. The normalized spacial score (nSPS) is 16.9. The quantitative estimate of drug-likeness (QED) is 0.703. The third-order valence-corrected chi connectivity index (χ3v) is 3.52. The molecule has 1 fully saturated rings. The van der Waals surface area contributed by atoms with Gasteiger partial charge in [0.15, 0.2) is 0 Å². The van der Waals surface area contributed by atoms with Gasteiger partial charge in [-0.1, -0.05) is 0 Å². The molecule has 0 radical (unpaired) electrons. The van der Waals surface area contributed by atoms with Crippen LogP contribution in [0.2, 0.25) is 0 Å². The van der Waals surface area contributed by atoms with E-state index in [0.29, 0.717) is 12.2 Å². The number of hydrogen-bond donors (Lipinski definition) is 3. The molecule has 0 bridgehead atoms. The van der Waals surface area contributed by atoms with Crippen LogP contribution >= 0.6 is 0 Å². The highest BCUT2D eigenvalue weighted by Gasteiger charge is 2.22. The lowest BCUT2D eigenvalue weighted by atomic mass is 10.0. The van der Waals surface area contributed by atoms with Crippen LogP contribution in [-0.4, -0.2) is 59.4 Å². The molecule has 2 heterocycles. The molecule has 20 heavy (non-hydrogen) atoms. The number of nitrogens with one attached hydrogen (secondary N) is 3. The summed E-state index contributed by atoms with van der Waals surface area (Å²) in [4.78, 5) is 32.3. The minimum Gasteiger partial charge on any atom is -0.358 e. The van der Waals surface area contributed by atoms with E-state index in [1.165, 1.54) is 0 Å². The Labute approximate surface area is 118 Å². The second kappa shape index (κ2) is 6.51. The first-order valence-electron chi connectivity index (χ1n) is 6.84. The Bertz CT molecular complexity index is 477. The van der Waals surface area contributed by atoms with Crippen LogP contribution < -0.4 is 10.6 Å². The van der Waals surface area contributed by atoms with Crippen LogP contribution in [0.1, 0.15) is 29.2 Å². The Morgan fingerprint density at radius 1 is 1.45 bits per heavy atom. The molecule has 0 aromatic carbocycles. The molecule has 2 amide bonds. The van der Waals surface area contributed by atoms with Crippen LogP contribution in [0.4, 0.5) is 0 Å². The first kappa shape index (κ1) is 14.5. The number of piperidine rings is 1. The van der Waals surface area contributed by atoms with Crippen molar-refractivity contribution in [3.63, 3.8) is 0 Å². The molecule has 0 unspecified atom stereocenters. The van der Waals surface area contributed by atoms with E-state index in [-0.39, 0.29) is 17.9 Å². The van der Waals surface area contributed by atoms with E-state index in [1.54, 1.807) is 13.2 Å². The maximum atomic E-state index is 12.0. The Kier molecular flexibility index (Phi) is 4.73. The second-order valence-corrected chi connectivity index (χ2v) is 5.08. The van der Waals surface area contributed by atoms with E-state index >= 15 is 0 Å². The van der Waals surface area contributed by atoms with Gasteiger partial charge in [-0.2, -0.15) is 0 Å². The fourth-order valence-corrected chi connectivity index (χ4v) is 2.32. The number of aromatic nitrogens is 2. The van der Waals surface area contributed by atoms with Crippen molar-refractivity contribution in [2.45, 2.75) is 25.8 Å². The van der Waals surface area contributed by atoms with Crippen molar-refractivity contribution in [3.05, 3.63) is 17.7 Å². The topological polar surface area (TPSA) is 90.1 Å². The molecule has 1 aliphatic heterocycles. The van der Waals surface area contributed by atoms with Crippen LogP contribution in [-0.2, 0) is 4.79 Å². The smallest absolute Gasteiger partial charge is 0.269 e. The predicted molar refractivity (Wildman–Crippen MR) is 74.3 cm³/mol. The van der Waals surface area contributed by atoms with Crippen molar-refractivity contribution in [1.82, 2.24) is 25.5 Å². The van der Waals surface area contributed by atoms with Crippen molar-refractivity contribution in [3.8, 4) is 0 Å². The number of hydrogen-bond acceptors (Lipinski definition) is 4. The third kappa shape index (κ3) is 3.80. The van der Waals surface area contributed by atoms with Gasteiger partial charge in [0.2, 0.25) is 5.91 Å². The lowest BCUT2D eigenvalue weighted by Crippen LogP contribution is -2.47. The van der Waals surface area contributed by atoms with Gasteiger partial charge in [-0.25, -0.2) is 4.98 Å². The number of likely N-dealkylation sites (N-methyl/N-ethyl adjacent to an activating group) is 1. The summed E-state index contributed by atoms with van der Waals surface area (Å²) in [5.41, 5.74) is 0.496. The Hall–Kier alpha value is -1.89. The number of carbonyl (C=O) groups excluding carboxylic acids is 2. The van der Waals surface area contributed by atoms with Crippen molar-refractivity contribution >= 4 is 11.8 Å². The maximum Gasteiger partial charge on any atom is 0.269 e. The molecular formula is C13H21N5O2. The van der Waals surface area contributed by atoms with Crippen molar-refractivity contribution < 1.29 is 9.59 Å². The number of nitrogens with zero attached hydrogens (tertiary/aromatic N) is 2. The van der Waals surface area contributed by atoms with Gasteiger partial charge < -0.3 is 15.6 Å². The number of carbonyl (C=O) groups is 2. The highest BCUT2D eigenvalue weighted by molar-refractivity contribution is 5.92. The van der Waals surface area contributed by atoms with Crippen LogP contribution in [0.25, 0.3) is 0 Å². The molecule has 3 N–H and O–H groups in total. The highest BCUT2D eigenvalue weighted by atomic mass is 16.2. The molecule has 0 saturated carbocycles. The highest BCUT2D eigenvalue weighted by Crippen LogP contribution is 2.10. The molecule has 1 aromatic rings. The molecule has 0 atom stereocenters. The van der Waals surface area contributed by atoms with Crippen LogP contribution in [0.15, 0.2) is 6.20 Å². The molecule has 2 rings (SSSR count). The van der Waals surface area contributed by atoms with E-state index in [4.69, 9.17) is 0 Å². The molecule has 0 spiro atoms. The Balaban J connectivity index is 1.77. The number of amides is 2. The molecule has 1 aromatic heterocycles. The lowest BCUT2D eigenvalue weighted by molar-refractivity contribution is -0.122. The van der Waals surface area contributed by atoms with E-state index in [1.807, 2.05) is 6.92 Å². The van der Waals surface area contributed by atoms with Crippen molar-refractivity contribution in [1.29, 1.82) is 0 Å². The summed E-state index contributed by atoms with van der Waals surface area (Å²) >= 11 is 0. The van der Waals surface area contributed by atoms with E-state index in [2.05, 4.69) is 25.5 Å². The van der Waals surface area contributed by atoms with Gasteiger partial charge in [0.25, 0.3) is 5.91 Å². The van der Waals surface area contributed by atoms with E-state index in [9.17, 15) is 9.59 Å². The average molecular weight is 279 g/mol. The molecule has 110 valence electrons. The number of H-pyrrole nitrogens is 1. The molecule has 1 saturated heterocycles. The summed E-state index contributed by atoms with van der Waals surface area (Å²) in [7, 11) is 1.64. The minimum atomic E-state index is -0.115. The van der Waals surface area contributed by atoms with Gasteiger partial charge in [0.1, 0.15) is 11.5 Å². The second-order valence-electron chi connectivity index (χ2n) is 5.08. The summed E-state index contributed by atoms with van der Waals surface area (Å²) in [5.74, 6) is 0.645. The molecule has 7 heteroatoms.